The fourth-order valence-corrected chi connectivity index (χ4v) is 4.65. The van der Waals surface area contributed by atoms with Gasteiger partial charge in [-0.3, -0.25) is 0 Å². The first-order chi connectivity index (χ1) is 14.1. The van der Waals surface area contributed by atoms with Crippen LogP contribution in [0.5, 0.6) is 17.4 Å². The van der Waals surface area contributed by atoms with Crippen molar-refractivity contribution in [2.45, 2.75) is 38.8 Å². The van der Waals surface area contributed by atoms with Crippen molar-refractivity contribution < 1.29 is 22.6 Å². The molecule has 4 rings (SSSR count). The molecule has 8 nitrogen and oxygen atoms in total. The summed E-state index contributed by atoms with van der Waals surface area (Å²) in [7, 11) is -3.48. The molecule has 0 saturated carbocycles. The molecule has 0 spiro atoms. The van der Waals surface area contributed by atoms with Crippen LogP contribution in [0.3, 0.4) is 0 Å². The molecule has 1 aromatic carbocycles. The smallest absolute Gasteiger partial charge is 0.279 e. The van der Waals surface area contributed by atoms with Gasteiger partial charge < -0.3 is 14.2 Å². The summed E-state index contributed by atoms with van der Waals surface area (Å²) in [4.78, 5) is 4.21. The van der Waals surface area contributed by atoms with Crippen LogP contribution in [0.4, 0.5) is 0 Å². The highest BCUT2D eigenvalue weighted by atomic mass is 32.2. The molecule has 0 amide bonds. The Labute approximate surface area is 171 Å². The number of benzene rings is 1. The van der Waals surface area contributed by atoms with Gasteiger partial charge in [0.25, 0.3) is 10.2 Å². The number of nitrogens with zero attached hydrogens (tertiary/aromatic N) is 2. The van der Waals surface area contributed by atoms with Gasteiger partial charge in [-0.2, -0.15) is 17.4 Å². The second-order valence-corrected chi connectivity index (χ2v) is 8.87. The lowest BCUT2D eigenvalue weighted by molar-refractivity contribution is 0.174. The fraction of sp³-hybridized carbons (Fsp3) is 0.450. The number of pyridine rings is 1. The average Bonchev–Trinajstić information content (AvgIpc) is 3.01. The minimum Gasteiger partial charge on any atom is -0.473 e. The van der Waals surface area contributed by atoms with E-state index in [1.54, 1.807) is 18.3 Å². The second-order valence-electron chi connectivity index (χ2n) is 7.12. The Morgan fingerprint density at radius 1 is 1.00 bits per heavy atom. The van der Waals surface area contributed by atoms with Crippen LogP contribution in [-0.4, -0.2) is 37.6 Å². The van der Waals surface area contributed by atoms with E-state index in [9.17, 15) is 8.42 Å². The maximum atomic E-state index is 12.5. The summed E-state index contributed by atoms with van der Waals surface area (Å²) < 4.78 is 45.8. The number of hydrogen-bond acceptors (Lipinski definition) is 6. The molecule has 0 unspecified atom stereocenters. The van der Waals surface area contributed by atoms with Gasteiger partial charge in [0.05, 0.1) is 0 Å². The van der Waals surface area contributed by atoms with Crippen molar-refractivity contribution in [2.24, 2.45) is 0 Å². The van der Waals surface area contributed by atoms with E-state index in [0.29, 0.717) is 31.3 Å². The lowest BCUT2D eigenvalue weighted by Gasteiger charge is -2.20. The van der Waals surface area contributed by atoms with Gasteiger partial charge in [-0.15, -0.1) is 0 Å². The Bertz CT molecular complexity index is 943. The van der Waals surface area contributed by atoms with Gasteiger partial charge in [0.1, 0.15) is 6.61 Å². The lowest BCUT2D eigenvalue weighted by Crippen LogP contribution is -2.40. The van der Waals surface area contributed by atoms with E-state index in [4.69, 9.17) is 14.2 Å². The number of aromatic nitrogens is 1. The quantitative estimate of drug-likeness (QED) is 0.742. The standard InChI is InChI=1S/C20H25N3O5S/c24-29(25,23-9-3-1-2-4-10-23)22-13-16-7-8-21-20(12-16)26-14-17-5-6-18-19(11-17)28-15-27-18/h5-8,11-12,22H,1-4,9-10,13-15H2. The summed E-state index contributed by atoms with van der Waals surface area (Å²) in [5.74, 6) is 1.87. The Kier molecular flexibility index (Phi) is 6.17. The largest absolute Gasteiger partial charge is 0.473 e. The highest BCUT2D eigenvalue weighted by Gasteiger charge is 2.22. The molecule has 3 heterocycles. The summed E-state index contributed by atoms with van der Waals surface area (Å²) in [5, 5.41) is 0. The third-order valence-corrected chi connectivity index (χ3v) is 6.54. The SMILES string of the molecule is O=S(=O)(NCc1ccnc(OCc2ccc3c(c2)OCO3)c1)N1CCCCCC1. The van der Waals surface area contributed by atoms with Crippen molar-refractivity contribution in [1.82, 2.24) is 14.0 Å². The number of nitrogens with one attached hydrogen (secondary N) is 1. The van der Waals surface area contributed by atoms with Crippen LogP contribution >= 0.6 is 0 Å². The minimum atomic E-state index is -3.48. The molecule has 1 aromatic heterocycles. The molecule has 2 aromatic rings. The zero-order valence-corrected chi connectivity index (χ0v) is 17.0. The molecule has 1 saturated heterocycles. The Morgan fingerprint density at radius 3 is 2.62 bits per heavy atom. The topological polar surface area (TPSA) is 90.0 Å². The predicted octanol–water partition coefficient (Wildman–Crippen LogP) is 2.60. The first kappa shape index (κ1) is 19.9. The van der Waals surface area contributed by atoms with Gasteiger partial charge in [0, 0.05) is 31.9 Å². The first-order valence-electron chi connectivity index (χ1n) is 9.81. The fourth-order valence-electron chi connectivity index (χ4n) is 3.38. The van der Waals surface area contributed by atoms with Crippen LogP contribution in [0.15, 0.2) is 36.5 Å². The summed E-state index contributed by atoms with van der Waals surface area (Å²) in [6.07, 6.45) is 5.60. The van der Waals surface area contributed by atoms with Crippen LogP contribution in [0.25, 0.3) is 0 Å². The molecule has 0 aliphatic carbocycles. The molecule has 29 heavy (non-hydrogen) atoms. The maximum absolute atomic E-state index is 12.5. The molecule has 0 radical (unpaired) electrons. The van der Waals surface area contributed by atoms with Crippen LogP contribution in [0.1, 0.15) is 36.8 Å². The first-order valence-corrected chi connectivity index (χ1v) is 11.3. The number of rotatable bonds is 7. The molecule has 1 N–H and O–H groups in total. The van der Waals surface area contributed by atoms with E-state index in [1.165, 1.54) is 4.31 Å². The molecular weight excluding hydrogens is 394 g/mol. The third-order valence-electron chi connectivity index (χ3n) is 4.99. The normalized spacial score (nSPS) is 17.1. The predicted molar refractivity (Wildman–Crippen MR) is 107 cm³/mol. The van der Waals surface area contributed by atoms with Crippen molar-refractivity contribution in [3.05, 3.63) is 47.7 Å². The van der Waals surface area contributed by atoms with Crippen LogP contribution in [0, 0.1) is 0 Å². The van der Waals surface area contributed by atoms with Gasteiger partial charge in [0.15, 0.2) is 11.5 Å². The molecule has 1 fully saturated rings. The Morgan fingerprint density at radius 2 is 1.79 bits per heavy atom. The molecule has 156 valence electrons. The number of fused-ring (bicyclic) bond motifs is 1. The summed E-state index contributed by atoms with van der Waals surface area (Å²) in [5.41, 5.74) is 1.72. The van der Waals surface area contributed by atoms with E-state index < -0.39 is 10.2 Å². The maximum Gasteiger partial charge on any atom is 0.279 e. The van der Waals surface area contributed by atoms with Crippen molar-refractivity contribution in [1.29, 1.82) is 0 Å². The Hall–Kier alpha value is -2.36. The molecule has 0 bridgehead atoms. The number of ether oxygens (including phenoxy) is 3. The van der Waals surface area contributed by atoms with Crippen molar-refractivity contribution in [3.8, 4) is 17.4 Å². The van der Waals surface area contributed by atoms with E-state index in [1.807, 2.05) is 18.2 Å². The van der Waals surface area contributed by atoms with Gasteiger partial charge in [-0.1, -0.05) is 18.9 Å². The van der Waals surface area contributed by atoms with Crippen LogP contribution in [-0.2, 0) is 23.4 Å². The summed E-state index contributed by atoms with van der Waals surface area (Å²) in [6, 6.07) is 9.16. The van der Waals surface area contributed by atoms with Crippen LogP contribution in [0.2, 0.25) is 0 Å². The second kappa shape index (κ2) is 8.98. The van der Waals surface area contributed by atoms with Gasteiger partial charge in [0.2, 0.25) is 12.7 Å². The van der Waals surface area contributed by atoms with Crippen molar-refractivity contribution in [3.63, 3.8) is 0 Å². The Balaban J connectivity index is 1.33. The highest BCUT2D eigenvalue weighted by Crippen LogP contribution is 2.32. The molecule has 2 aliphatic heterocycles. The van der Waals surface area contributed by atoms with Gasteiger partial charge in [-0.05, 0) is 42.2 Å². The summed E-state index contributed by atoms with van der Waals surface area (Å²) >= 11 is 0. The van der Waals surface area contributed by atoms with Crippen molar-refractivity contribution >= 4 is 10.2 Å². The molecular formula is C20H25N3O5S. The number of hydrogen-bond donors (Lipinski definition) is 1. The average molecular weight is 420 g/mol. The van der Waals surface area contributed by atoms with Crippen LogP contribution < -0.4 is 18.9 Å². The summed E-state index contributed by atoms with van der Waals surface area (Å²) in [6.45, 7) is 1.91. The van der Waals surface area contributed by atoms with E-state index in [-0.39, 0.29) is 13.3 Å². The van der Waals surface area contributed by atoms with E-state index in [2.05, 4.69) is 9.71 Å². The van der Waals surface area contributed by atoms with Crippen molar-refractivity contribution in [2.75, 3.05) is 19.9 Å². The van der Waals surface area contributed by atoms with E-state index >= 15 is 0 Å². The van der Waals surface area contributed by atoms with Gasteiger partial charge >= 0.3 is 0 Å². The van der Waals surface area contributed by atoms with Gasteiger partial charge in [-0.25, -0.2) is 4.98 Å². The molecule has 2 aliphatic rings. The highest BCUT2D eigenvalue weighted by molar-refractivity contribution is 7.87. The zero-order valence-electron chi connectivity index (χ0n) is 16.2. The van der Waals surface area contributed by atoms with E-state index in [0.717, 1.165) is 42.6 Å². The zero-order chi connectivity index (χ0) is 20.1. The monoisotopic (exact) mass is 419 g/mol. The molecule has 0 atom stereocenters. The lowest BCUT2D eigenvalue weighted by atomic mass is 10.2. The minimum absolute atomic E-state index is 0.196. The molecule has 9 heteroatoms. The third kappa shape index (κ3) is 5.17.